The number of primary amides is 1. The first-order valence-electron chi connectivity index (χ1n) is 7.12. The maximum atomic E-state index is 12.0. The third-order valence-electron chi connectivity index (χ3n) is 3.60. The lowest BCUT2D eigenvalue weighted by Gasteiger charge is -2.11. The Kier molecular flexibility index (Phi) is 4.11. The zero-order valence-electron chi connectivity index (χ0n) is 11.9. The van der Waals surface area contributed by atoms with Crippen LogP contribution in [0.5, 0.6) is 0 Å². The monoisotopic (exact) mass is 316 g/mol. The number of carbonyl (C=O) groups excluding carboxylic acids is 2. The molecule has 1 aliphatic rings. The van der Waals surface area contributed by atoms with E-state index in [4.69, 9.17) is 10.2 Å². The number of furan rings is 1. The number of nitrogens with one attached hydrogen (secondary N) is 1. The van der Waals surface area contributed by atoms with Crippen molar-refractivity contribution in [2.24, 2.45) is 5.73 Å². The van der Waals surface area contributed by atoms with Gasteiger partial charge in [-0.3, -0.25) is 9.59 Å². The first-order valence-corrected chi connectivity index (χ1v) is 7.93. The molecule has 0 aromatic carbocycles. The van der Waals surface area contributed by atoms with Crippen LogP contribution in [0, 0.1) is 0 Å². The molecule has 2 amide bonds. The summed E-state index contributed by atoms with van der Waals surface area (Å²) in [4.78, 5) is 24.9. The summed E-state index contributed by atoms with van der Waals surface area (Å²) in [5.74, 6) is -0.196. The van der Waals surface area contributed by atoms with Crippen molar-refractivity contribution in [1.29, 1.82) is 0 Å². The molecule has 0 unspecified atom stereocenters. The smallest absolute Gasteiger partial charge is 0.251 e. The predicted octanol–water partition coefficient (Wildman–Crippen LogP) is 2.97. The van der Waals surface area contributed by atoms with Crippen LogP contribution in [0.3, 0.4) is 0 Å². The molecule has 2 aromatic rings. The molecule has 0 fully saturated rings. The highest BCUT2D eigenvalue weighted by atomic mass is 32.1. The Bertz CT molecular complexity index is 729. The first kappa shape index (κ1) is 14.6. The number of anilines is 1. The maximum absolute atomic E-state index is 12.0. The van der Waals surface area contributed by atoms with Crippen molar-refractivity contribution in [3.63, 3.8) is 0 Å². The van der Waals surface area contributed by atoms with Crippen molar-refractivity contribution >= 4 is 34.2 Å². The SMILES string of the molecule is NC(=O)c1c(NC(=O)/C=C\c2ccco2)sc2c1CCCC2. The molecule has 2 aromatic heterocycles. The van der Waals surface area contributed by atoms with E-state index in [0.29, 0.717) is 16.3 Å². The van der Waals surface area contributed by atoms with E-state index >= 15 is 0 Å². The van der Waals surface area contributed by atoms with Gasteiger partial charge in [-0.15, -0.1) is 11.3 Å². The third kappa shape index (κ3) is 2.96. The minimum atomic E-state index is -0.482. The Labute approximate surface area is 131 Å². The molecule has 0 spiro atoms. The molecule has 0 bridgehead atoms. The van der Waals surface area contributed by atoms with E-state index in [9.17, 15) is 9.59 Å². The van der Waals surface area contributed by atoms with Crippen molar-refractivity contribution < 1.29 is 14.0 Å². The largest absolute Gasteiger partial charge is 0.465 e. The molecule has 3 N–H and O–H groups in total. The van der Waals surface area contributed by atoms with Gasteiger partial charge in [-0.2, -0.15) is 0 Å². The summed E-state index contributed by atoms with van der Waals surface area (Å²) in [6, 6.07) is 3.50. The van der Waals surface area contributed by atoms with Gasteiger partial charge >= 0.3 is 0 Å². The molecule has 5 nitrogen and oxygen atoms in total. The van der Waals surface area contributed by atoms with E-state index in [1.54, 1.807) is 18.2 Å². The number of rotatable bonds is 4. The molecular formula is C16H16N2O3S. The Balaban J connectivity index is 1.81. The van der Waals surface area contributed by atoms with Crippen molar-refractivity contribution in [2.75, 3.05) is 5.32 Å². The lowest BCUT2D eigenvalue weighted by Crippen LogP contribution is -2.17. The second-order valence-electron chi connectivity index (χ2n) is 5.12. The summed E-state index contributed by atoms with van der Waals surface area (Å²) in [6.07, 6.45) is 8.44. The number of thiophene rings is 1. The van der Waals surface area contributed by atoms with Gasteiger partial charge in [-0.25, -0.2) is 0 Å². The van der Waals surface area contributed by atoms with Crippen LogP contribution < -0.4 is 11.1 Å². The summed E-state index contributed by atoms with van der Waals surface area (Å²) < 4.78 is 5.12. The molecule has 3 rings (SSSR count). The normalized spacial score (nSPS) is 14.0. The molecule has 0 aliphatic heterocycles. The van der Waals surface area contributed by atoms with Gasteiger partial charge in [0, 0.05) is 11.0 Å². The minimum Gasteiger partial charge on any atom is -0.465 e. The van der Waals surface area contributed by atoms with Crippen molar-refractivity contribution in [1.82, 2.24) is 0 Å². The maximum Gasteiger partial charge on any atom is 0.251 e. The fraction of sp³-hybridized carbons (Fsp3) is 0.250. The van der Waals surface area contributed by atoms with Crippen LogP contribution >= 0.6 is 11.3 Å². The van der Waals surface area contributed by atoms with Gasteiger partial charge in [-0.05, 0) is 49.5 Å². The Hall–Kier alpha value is -2.34. The number of amides is 2. The number of fused-ring (bicyclic) bond motifs is 1. The summed E-state index contributed by atoms with van der Waals surface area (Å²) in [6.45, 7) is 0. The molecule has 1 aliphatic carbocycles. The lowest BCUT2D eigenvalue weighted by atomic mass is 9.95. The van der Waals surface area contributed by atoms with Crippen molar-refractivity contribution in [3.05, 3.63) is 46.2 Å². The molecule has 0 saturated carbocycles. The molecule has 114 valence electrons. The van der Waals surface area contributed by atoms with E-state index in [0.717, 1.165) is 36.1 Å². The Morgan fingerprint density at radius 1 is 1.32 bits per heavy atom. The van der Waals surface area contributed by atoms with Crippen LogP contribution in [-0.4, -0.2) is 11.8 Å². The summed E-state index contributed by atoms with van der Waals surface area (Å²) in [5, 5.41) is 3.31. The molecule has 22 heavy (non-hydrogen) atoms. The highest BCUT2D eigenvalue weighted by Crippen LogP contribution is 2.37. The second-order valence-corrected chi connectivity index (χ2v) is 6.22. The predicted molar refractivity (Wildman–Crippen MR) is 85.9 cm³/mol. The van der Waals surface area contributed by atoms with Crippen molar-refractivity contribution in [2.45, 2.75) is 25.7 Å². The summed E-state index contributed by atoms with van der Waals surface area (Å²) >= 11 is 1.45. The second kappa shape index (κ2) is 6.19. The van der Waals surface area contributed by atoms with Gasteiger partial charge in [0.15, 0.2) is 0 Å². The number of nitrogens with two attached hydrogens (primary N) is 1. The number of hydrogen-bond donors (Lipinski definition) is 2. The average Bonchev–Trinajstić information content (AvgIpc) is 3.11. The molecule has 6 heteroatoms. The Morgan fingerprint density at radius 2 is 2.14 bits per heavy atom. The topological polar surface area (TPSA) is 85.3 Å². The molecule has 0 saturated heterocycles. The Morgan fingerprint density at radius 3 is 2.86 bits per heavy atom. The van der Waals surface area contributed by atoms with Gasteiger partial charge in [-0.1, -0.05) is 0 Å². The van der Waals surface area contributed by atoms with Gasteiger partial charge in [0.2, 0.25) is 5.91 Å². The van der Waals surface area contributed by atoms with Crippen LogP contribution in [-0.2, 0) is 17.6 Å². The lowest BCUT2D eigenvalue weighted by molar-refractivity contribution is -0.111. The minimum absolute atomic E-state index is 0.308. The first-order chi connectivity index (χ1) is 10.6. The zero-order valence-corrected chi connectivity index (χ0v) is 12.7. The van der Waals surface area contributed by atoms with E-state index in [2.05, 4.69) is 5.32 Å². The van der Waals surface area contributed by atoms with Gasteiger partial charge in [0.1, 0.15) is 10.8 Å². The standard InChI is InChI=1S/C16H16N2O3S/c17-15(20)14-11-5-1-2-6-12(11)22-16(14)18-13(19)8-7-10-4-3-9-21-10/h3-4,7-9H,1-2,5-6H2,(H2,17,20)(H,18,19)/b8-7-. The zero-order chi connectivity index (χ0) is 15.5. The van der Waals surface area contributed by atoms with Gasteiger partial charge < -0.3 is 15.5 Å². The van der Waals surface area contributed by atoms with Crippen LogP contribution in [0.1, 0.15) is 39.4 Å². The fourth-order valence-corrected chi connectivity index (χ4v) is 3.91. The van der Waals surface area contributed by atoms with Crippen LogP contribution in [0.15, 0.2) is 28.9 Å². The quantitative estimate of drug-likeness (QED) is 0.850. The summed E-state index contributed by atoms with van der Waals surface area (Å²) in [7, 11) is 0. The van der Waals surface area contributed by atoms with Crippen molar-refractivity contribution in [3.8, 4) is 0 Å². The fourth-order valence-electron chi connectivity index (χ4n) is 2.61. The van der Waals surface area contributed by atoms with E-state index in [1.807, 2.05) is 0 Å². The average molecular weight is 316 g/mol. The van der Waals surface area contributed by atoms with Gasteiger partial charge in [0.05, 0.1) is 11.8 Å². The number of carbonyl (C=O) groups is 2. The highest BCUT2D eigenvalue weighted by Gasteiger charge is 2.24. The van der Waals surface area contributed by atoms with Gasteiger partial charge in [0.25, 0.3) is 5.91 Å². The number of aryl methyl sites for hydroxylation is 1. The summed E-state index contributed by atoms with van der Waals surface area (Å²) in [5.41, 5.74) is 6.97. The molecular weight excluding hydrogens is 300 g/mol. The van der Waals surface area contributed by atoms with Crippen LogP contribution in [0.25, 0.3) is 6.08 Å². The van der Waals surface area contributed by atoms with E-state index < -0.39 is 5.91 Å². The van der Waals surface area contributed by atoms with E-state index in [-0.39, 0.29) is 5.91 Å². The number of hydrogen-bond acceptors (Lipinski definition) is 4. The molecule has 0 atom stereocenters. The van der Waals surface area contributed by atoms with E-state index in [1.165, 1.54) is 23.7 Å². The highest BCUT2D eigenvalue weighted by molar-refractivity contribution is 7.17. The van der Waals surface area contributed by atoms with Crippen LogP contribution in [0.4, 0.5) is 5.00 Å². The van der Waals surface area contributed by atoms with Crippen LogP contribution in [0.2, 0.25) is 0 Å². The molecule has 0 radical (unpaired) electrons. The third-order valence-corrected chi connectivity index (χ3v) is 4.80. The molecule has 2 heterocycles.